The molecule has 2 N–H and O–H groups in total. The first-order chi connectivity index (χ1) is 13.3. The molecule has 0 aliphatic heterocycles. The summed E-state index contributed by atoms with van der Waals surface area (Å²) in [5.41, 5.74) is 5.66. The van der Waals surface area contributed by atoms with Crippen molar-refractivity contribution in [1.29, 1.82) is 0 Å². The molecule has 0 bridgehead atoms. The number of aliphatic carboxylic acids is 1. The zero-order valence-corrected chi connectivity index (χ0v) is 17.7. The third kappa shape index (κ3) is 4.83. The SMILES string of the molecule is Cc1ccc([S+]([O-])NC(CC(=O)O)c2cc(-c3c(C)cccc3C)cs2)cc1. The van der Waals surface area contributed by atoms with Gasteiger partial charge in [0.25, 0.3) is 0 Å². The Morgan fingerprint density at radius 3 is 2.39 bits per heavy atom. The van der Waals surface area contributed by atoms with Gasteiger partial charge in [-0.2, -0.15) is 0 Å². The van der Waals surface area contributed by atoms with Crippen LogP contribution in [-0.4, -0.2) is 15.6 Å². The van der Waals surface area contributed by atoms with Gasteiger partial charge in [0.1, 0.15) is 0 Å². The minimum absolute atomic E-state index is 0.135. The molecule has 1 aromatic heterocycles. The monoisotopic (exact) mass is 413 g/mol. The molecule has 0 aliphatic carbocycles. The van der Waals surface area contributed by atoms with Crippen molar-refractivity contribution in [3.05, 3.63) is 75.5 Å². The topological polar surface area (TPSA) is 72.4 Å². The van der Waals surface area contributed by atoms with Gasteiger partial charge in [-0.15, -0.1) is 16.1 Å². The summed E-state index contributed by atoms with van der Waals surface area (Å²) in [6.45, 7) is 6.10. The first kappa shape index (κ1) is 20.6. The molecule has 1 heterocycles. The average Bonchev–Trinajstić information content (AvgIpc) is 3.11. The Balaban J connectivity index is 1.87. The van der Waals surface area contributed by atoms with Gasteiger partial charge in [0.15, 0.2) is 4.90 Å². The summed E-state index contributed by atoms with van der Waals surface area (Å²) in [4.78, 5) is 12.9. The molecule has 0 spiro atoms. The van der Waals surface area contributed by atoms with Crippen molar-refractivity contribution >= 4 is 28.7 Å². The maximum atomic E-state index is 12.7. The Kier molecular flexibility index (Phi) is 6.57. The Morgan fingerprint density at radius 1 is 1.14 bits per heavy atom. The lowest BCUT2D eigenvalue weighted by Crippen LogP contribution is -2.29. The number of carbonyl (C=O) groups is 1. The molecular formula is C22H23NO3S2. The van der Waals surface area contributed by atoms with E-state index in [2.05, 4.69) is 30.7 Å². The van der Waals surface area contributed by atoms with Crippen LogP contribution >= 0.6 is 11.3 Å². The maximum absolute atomic E-state index is 12.7. The lowest BCUT2D eigenvalue weighted by Gasteiger charge is -2.17. The molecule has 3 rings (SSSR count). The van der Waals surface area contributed by atoms with Gasteiger partial charge >= 0.3 is 5.97 Å². The highest BCUT2D eigenvalue weighted by molar-refractivity contribution is 7.89. The zero-order chi connectivity index (χ0) is 20.3. The van der Waals surface area contributed by atoms with Crippen LogP contribution in [0.5, 0.6) is 0 Å². The molecule has 0 radical (unpaired) electrons. The van der Waals surface area contributed by atoms with Crippen LogP contribution in [0.15, 0.2) is 58.8 Å². The third-order valence-electron chi connectivity index (χ3n) is 4.60. The van der Waals surface area contributed by atoms with E-state index in [-0.39, 0.29) is 6.42 Å². The van der Waals surface area contributed by atoms with Gasteiger partial charge in [-0.1, -0.05) is 35.9 Å². The van der Waals surface area contributed by atoms with Gasteiger partial charge in [-0.25, -0.2) is 0 Å². The van der Waals surface area contributed by atoms with E-state index in [0.717, 1.165) is 16.0 Å². The van der Waals surface area contributed by atoms with Crippen molar-refractivity contribution in [2.75, 3.05) is 0 Å². The lowest BCUT2D eigenvalue weighted by atomic mass is 9.97. The molecule has 0 aliphatic rings. The van der Waals surface area contributed by atoms with E-state index in [4.69, 9.17) is 0 Å². The van der Waals surface area contributed by atoms with Crippen LogP contribution in [0.25, 0.3) is 11.1 Å². The van der Waals surface area contributed by atoms with Gasteiger partial charge in [0, 0.05) is 4.88 Å². The van der Waals surface area contributed by atoms with Gasteiger partial charge in [0.05, 0.1) is 23.8 Å². The van der Waals surface area contributed by atoms with Gasteiger partial charge < -0.3 is 9.66 Å². The first-order valence-corrected chi connectivity index (χ1v) is 11.0. The van der Waals surface area contributed by atoms with Gasteiger partial charge in [-0.3, -0.25) is 4.79 Å². The predicted octanol–water partition coefficient (Wildman–Crippen LogP) is 5.17. The molecule has 6 heteroatoms. The van der Waals surface area contributed by atoms with Crippen LogP contribution in [0.3, 0.4) is 0 Å². The fourth-order valence-electron chi connectivity index (χ4n) is 3.17. The van der Waals surface area contributed by atoms with Crippen molar-refractivity contribution in [1.82, 2.24) is 4.72 Å². The number of hydrogen-bond acceptors (Lipinski definition) is 4. The highest BCUT2D eigenvalue weighted by Crippen LogP contribution is 2.34. The minimum atomic E-state index is -1.49. The van der Waals surface area contributed by atoms with Crippen molar-refractivity contribution in [3.8, 4) is 11.1 Å². The van der Waals surface area contributed by atoms with E-state index in [9.17, 15) is 14.5 Å². The molecule has 0 saturated heterocycles. The fraction of sp³-hybridized carbons (Fsp3) is 0.227. The molecule has 28 heavy (non-hydrogen) atoms. The standard InChI is InChI=1S/C22H23NO3S2/c1-14-7-9-18(10-8-14)28(26)23-19(12-21(24)25)20-11-17(13-27-20)22-15(2)5-4-6-16(22)3/h4-11,13,19,23H,12H2,1-3H3,(H,24,25). The van der Waals surface area contributed by atoms with E-state index in [1.807, 2.05) is 36.6 Å². The van der Waals surface area contributed by atoms with Gasteiger partial charge in [0.2, 0.25) is 0 Å². The van der Waals surface area contributed by atoms with Crippen molar-refractivity contribution in [2.45, 2.75) is 38.1 Å². The number of carboxylic acid groups (broad SMARTS) is 1. The zero-order valence-electron chi connectivity index (χ0n) is 16.1. The van der Waals surface area contributed by atoms with E-state index >= 15 is 0 Å². The van der Waals surface area contributed by atoms with Crippen molar-refractivity contribution in [2.24, 2.45) is 0 Å². The Hall–Kier alpha value is -2.12. The molecular weight excluding hydrogens is 390 g/mol. The predicted molar refractivity (Wildman–Crippen MR) is 115 cm³/mol. The number of thiophene rings is 1. The number of aryl methyl sites for hydroxylation is 3. The van der Waals surface area contributed by atoms with Crippen LogP contribution < -0.4 is 4.72 Å². The number of carboxylic acids is 1. The molecule has 3 aromatic rings. The molecule has 0 amide bonds. The van der Waals surface area contributed by atoms with Crippen LogP contribution in [-0.2, 0) is 16.2 Å². The summed E-state index contributed by atoms with van der Waals surface area (Å²) in [5.74, 6) is -0.930. The molecule has 146 valence electrons. The second kappa shape index (κ2) is 8.92. The molecule has 0 saturated carbocycles. The Bertz CT molecular complexity index is 946. The van der Waals surface area contributed by atoms with Crippen LogP contribution in [0.1, 0.15) is 34.0 Å². The average molecular weight is 414 g/mol. The summed E-state index contributed by atoms with van der Waals surface area (Å²) < 4.78 is 15.7. The Morgan fingerprint density at radius 2 is 1.79 bits per heavy atom. The molecule has 2 aromatic carbocycles. The Labute approximate surface area is 172 Å². The number of rotatable bonds is 7. The van der Waals surface area contributed by atoms with Crippen molar-refractivity contribution in [3.63, 3.8) is 0 Å². The number of benzene rings is 2. The highest BCUT2D eigenvalue weighted by Gasteiger charge is 2.25. The number of hydrogen-bond donors (Lipinski definition) is 2. The largest absolute Gasteiger partial charge is 0.593 e. The summed E-state index contributed by atoms with van der Waals surface area (Å²) in [6.07, 6.45) is -0.135. The second-order valence-electron chi connectivity index (χ2n) is 6.85. The quantitative estimate of drug-likeness (QED) is 0.524. The summed E-state index contributed by atoms with van der Waals surface area (Å²) in [7, 11) is 0. The van der Waals surface area contributed by atoms with Crippen LogP contribution in [0, 0.1) is 20.8 Å². The highest BCUT2D eigenvalue weighted by atomic mass is 32.2. The minimum Gasteiger partial charge on any atom is -0.593 e. The van der Waals surface area contributed by atoms with Crippen molar-refractivity contribution < 1.29 is 14.5 Å². The molecule has 0 fully saturated rings. The maximum Gasteiger partial charge on any atom is 0.305 e. The summed E-state index contributed by atoms with van der Waals surface area (Å²) in [5, 5.41) is 11.4. The van der Waals surface area contributed by atoms with Crippen LogP contribution in [0.4, 0.5) is 0 Å². The fourth-order valence-corrected chi connectivity index (χ4v) is 5.18. The third-order valence-corrected chi connectivity index (χ3v) is 6.84. The van der Waals surface area contributed by atoms with Gasteiger partial charge in [-0.05, 0) is 66.6 Å². The molecule has 2 unspecified atom stereocenters. The first-order valence-electron chi connectivity index (χ1n) is 8.96. The molecule has 4 nitrogen and oxygen atoms in total. The number of nitrogens with one attached hydrogen (secondary N) is 1. The molecule has 2 atom stereocenters. The normalized spacial score (nSPS) is 13.3. The van der Waals surface area contributed by atoms with Crippen LogP contribution in [0.2, 0.25) is 0 Å². The van der Waals surface area contributed by atoms with E-state index < -0.39 is 23.4 Å². The summed E-state index contributed by atoms with van der Waals surface area (Å²) >= 11 is 0.00188. The second-order valence-corrected chi connectivity index (χ2v) is 9.04. The smallest absolute Gasteiger partial charge is 0.305 e. The summed E-state index contributed by atoms with van der Waals surface area (Å²) in [6, 6.07) is 15.0. The van der Waals surface area contributed by atoms with E-state index in [0.29, 0.717) is 4.90 Å². The lowest BCUT2D eigenvalue weighted by molar-refractivity contribution is -0.137. The van der Waals surface area contributed by atoms with E-state index in [1.165, 1.54) is 28.0 Å². The van der Waals surface area contributed by atoms with E-state index in [1.54, 1.807) is 12.1 Å².